The van der Waals surface area contributed by atoms with E-state index in [1.165, 1.54) is 18.3 Å². The van der Waals surface area contributed by atoms with Gasteiger partial charge in [0.2, 0.25) is 0 Å². The first kappa shape index (κ1) is 13.1. The number of nitrogens with zero attached hydrogens (tertiary/aromatic N) is 2. The van der Waals surface area contributed by atoms with E-state index in [1.807, 2.05) is 5.43 Å². The van der Waals surface area contributed by atoms with Crippen molar-refractivity contribution in [1.82, 2.24) is 15.2 Å². The van der Waals surface area contributed by atoms with Crippen LogP contribution in [0.15, 0.2) is 28.8 Å². The van der Waals surface area contributed by atoms with Crippen LogP contribution in [0.2, 0.25) is 0 Å². The average molecular weight is 274 g/mol. The molecule has 2 aromatic rings. The van der Waals surface area contributed by atoms with Crippen LogP contribution in [0.1, 0.15) is 22.0 Å². The fourth-order valence-electron chi connectivity index (χ4n) is 1.42. The number of furan rings is 1. The monoisotopic (exact) mass is 274 g/mol. The zero-order chi connectivity index (χ0) is 14.0. The van der Waals surface area contributed by atoms with Gasteiger partial charge in [-0.05, 0) is 18.2 Å². The van der Waals surface area contributed by atoms with Crippen LogP contribution in [0.25, 0.3) is 0 Å². The molecule has 0 unspecified atom stereocenters. The van der Waals surface area contributed by atoms with Gasteiger partial charge in [0.05, 0.1) is 6.54 Å². The van der Waals surface area contributed by atoms with Crippen molar-refractivity contribution < 1.29 is 22.4 Å². The van der Waals surface area contributed by atoms with Gasteiger partial charge in [-0.15, -0.1) is 0 Å². The number of nitrogen functional groups attached to an aromatic ring is 1. The molecule has 0 aliphatic rings. The maximum atomic E-state index is 12.3. The van der Waals surface area contributed by atoms with Gasteiger partial charge in [0.1, 0.15) is 5.76 Å². The fourth-order valence-corrected chi connectivity index (χ4v) is 1.42. The standard InChI is InChI=1S/C10H9F3N4O2/c11-10(12,13)8-3-4-17(16-8)5-6-1-2-7(19-6)9(18)15-14/h1-4H,5,14H2,(H,15,18). The third-order valence-electron chi connectivity index (χ3n) is 2.27. The number of hydrogen-bond donors (Lipinski definition) is 2. The molecule has 102 valence electrons. The van der Waals surface area contributed by atoms with E-state index in [-0.39, 0.29) is 18.1 Å². The minimum atomic E-state index is -4.49. The van der Waals surface area contributed by atoms with Gasteiger partial charge in [0.15, 0.2) is 11.5 Å². The topological polar surface area (TPSA) is 86.1 Å². The minimum Gasteiger partial charge on any atom is -0.454 e. The summed E-state index contributed by atoms with van der Waals surface area (Å²) in [6.45, 7) is -0.0199. The number of aromatic nitrogens is 2. The van der Waals surface area contributed by atoms with E-state index >= 15 is 0 Å². The molecule has 1 amide bonds. The normalized spacial score (nSPS) is 11.6. The van der Waals surface area contributed by atoms with Crippen LogP contribution in [0.4, 0.5) is 13.2 Å². The minimum absolute atomic E-state index is 0.0199. The highest BCUT2D eigenvalue weighted by molar-refractivity contribution is 5.90. The number of amides is 1. The summed E-state index contributed by atoms with van der Waals surface area (Å²) in [5.41, 5.74) is 0.892. The zero-order valence-corrected chi connectivity index (χ0v) is 9.44. The lowest BCUT2D eigenvalue weighted by molar-refractivity contribution is -0.141. The number of nitrogens with two attached hydrogens (primary N) is 1. The summed E-state index contributed by atoms with van der Waals surface area (Å²) in [5.74, 6) is 4.55. The van der Waals surface area contributed by atoms with E-state index in [9.17, 15) is 18.0 Å². The molecule has 9 heteroatoms. The Labute approximate surface area is 105 Å². The molecular formula is C10H9F3N4O2. The van der Waals surface area contributed by atoms with Gasteiger partial charge >= 0.3 is 12.1 Å². The number of carbonyl (C=O) groups is 1. The Kier molecular flexibility index (Phi) is 3.30. The molecule has 0 aliphatic carbocycles. The molecule has 0 fully saturated rings. The summed E-state index contributed by atoms with van der Waals surface area (Å²) >= 11 is 0. The number of halogens is 3. The molecule has 0 bridgehead atoms. The van der Waals surface area contributed by atoms with Gasteiger partial charge in [-0.2, -0.15) is 18.3 Å². The van der Waals surface area contributed by atoms with E-state index in [4.69, 9.17) is 10.3 Å². The molecule has 3 N–H and O–H groups in total. The molecule has 6 nitrogen and oxygen atoms in total. The summed E-state index contributed by atoms with van der Waals surface area (Å²) in [4.78, 5) is 11.1. The SMILES string of the molecule is NNC(=O)c1ccc(Cn2ccc(C(F)(F)F)n2)o1. The van der Waals surface area contributed by atoms with Crippen LogP contribution in [-0.2, 0) is 12.7 Å². The zero-order valence-electron chi connectivity index (χ0n) is 9.44. The van der Waals surface area contributed by atoms with Crippen LogP contribution in [0.5, 0.6) is 0 Å². The summed E-state index contributed by atoms with van der Waals surface area (Å²) in [5, 5.41) is 3.36. The lowest BCUT2D eigenvalue weighted by atomic mass is 10.4. The largest absolute Gasteiger partial charge is 0.454 e. The van der Waals surface area contributed by atoms with Crippen molar-refractivity contribution in [3.8, 4) is 0 Å². The number of hydrogen-bond acceptors (Lipinski definition) is 4. The third-order valence-corrected chi connectivity index (χ3v) is 2.27. The van der Waals surface area contributed by atoms with E-state index in [2.05, 4.69) is 5.10 Å². The van der Waals surface area contributed by atoms with Crippen molar-refractivity contribution in [1.29, 1.82) is 0 Å². The molecule has 19 heavy (non-hydrogen) atoms. The molecule has 0 saturated carbocycles. The van der Waals surface area contributed by atoms with Gasteiger partial charge in [0, 0.05) is 6.20 Å². The fraction of sp³-hybridized carbons (Fsp3) is 0.200. The molecule has 0 aromatic carbocycles. The lowest BCUT2D eigenvalue weighted by Crippen LogP contribution is -2.29. The summed E-state index contributed by atoms with van der Waals surface area (Å²) in [6, 6.07) is 3.68. The van der Waals surface area contributed by atoms with Gasteiger partial charge < -0.3 is 4.42 Å². The van der Waals surface area contributed by atoms with Gasteiger partial charge in [-0.25, -0.2) is 5.84 Å². The molecule has 2 rings (SSSR count). The number of alkyl halides is 3. The molecule has 2 aromatic heterocycles. The molecular weight excluding hydrogens is 265 g/mol. The molecule has 0 atom stereocenters. The predicted octanol–water partition coefficient (Wildman–Crippen LogP) is 1.15. The lowest BCUT2D eigenvalue weighted by Gasteiger charge is -2.01. The number of hydrazine groups is 1. The van der Waals surface area contributed by atoms with Crippen LogP contribution >= 0.6 is 0 Å². The molecule has 0 saturated heterocycles. The van der Waals surface area contributed by atoms with Gasteiger partial charge in [-0.3, -0.25) is 14.9 Å². The highest BCUT2D eigenvalue weighted by Crippen LogP contribution is 2.27. The van der Waals surface area contributed by atoms with Crippen molar-refractivity contribution in [3.05, 3.63) is 41.6 Å². The highest BCUT2D eigenvalue weighted by atomic mass is 19.4. The van der Waals surface area contributed by atoms with E-state index in [0.29, 0.717) is 0 Å². The van der Waals surface area contributed by atoms with Crippen LogP contribution in [0, 0.1) is 0 Å². The highest BCUT2D eigenvalue weighted by Gasteiger charge is 2.33. The number of carbonyl (C=O) groups excluding carboxylic acids is 1. The Balaban J connectivity index is 2.11. The Morgan fingerprint density at radius 3 is 2.74 bits per heavy atom. The Hall–Kier alpha value is -2.29. The predicted molar refractivity (Wildman–Crippen MR) is 56.7 cm³/mol. The van der Waals surface area contributed by atoms with E-state index in [0.717, 1.165) is 10.7 Å². The smallest absolute Gasteiger partial charge is 0.435 e. The summed E-state index contributed by atoms with van der Waals surface area (Å²) in [6.07, 6.45) is -3.31. The van der Waals surface area contributed by atoms with Crippen LogP contribution in [0.3, 0.4) is 0 Å². The van der Waals surface area contributed by atoms with Crippen molar-refractivity contribution in [2.75, 3.05) is 0 Å². The second kappa shape index (κ2) is 4.76. The first-order valence-corrected chi connectivity index (χ1v) is 5.10. The van der Waals surface area contributed by atoms with Gasteiger partial charge in [0.25, 0.3) is 0 Å². The van der Waals surface area contributed by atoms with Gasteiger partial charge in [-0.1, -0.05) is 0 Å². The summed E-state index contributed by atoms with van der Waals surface area (Å²) < 4.78 is 43.2. The second-order valence-electron chi connectivity index (χ2n) is 3.64. The third kappa shape index (κ3) is 2.94. The molecule has 0 spiro atoms. The van der Waals surface area contributed by atoms with Crippen molar-refractivity contribution >= 4 is 5.91 Å². The quantitative estimate of drug-likeness (QED) is 0.499. The first-order chi connectivity index (χ1) is 8.90. The Morgan fingerprint density at radius 2 is 2.16 bits per heavy atom. The average Bonchev–Trinajstić information content (AvgIpc) is 2.97. The molecule has 2 heterocycles. The van der Waals surface area contributed by atoms with Crippen LogP contribution < -0.4 is 11.3 Å². The number of nitrogens with one attached hydrogen (secondary N) is 1. The van der Waals surface area contributed by atoms with E-state index in [1.54, 1.807) is 0 Å². The maximum absolute atomic E-state index is 12.3. The first-order valence-electron chi connectivity index (χ1n) is 5.10. The number of rotatable bonds is 3. The Morgan fingerprint density at radius 1 is 1.42 bits per heavy atom. The van der Waals surface area contributed by atoms with Crippen LogP contribution in [-0.4, -0.2) is 15.7 Å². The molecule has 0 radical (unpaired) electrons. The van der Waals surface area contributed by atoms with Crippen molar-refractivity contribution in [2.24, 2.45) is 5.84 Å². The van der Waals surface area contributed by atoms with E-state index < -0.39 is 17.8 Å². The maximum Gasteiger partial charge on any atom is 0.435 e. The van der Waals surface area contributed by atoms with Crippen molar-refractivity contribution in [2.45, 2.75) is 12.7 Å². The second-order valence-corrected chi connectivity index (χ2v) is 3.64. The summed E-state index contributed by atoms with van der Waals surface area (Å²) in [7, 11) is 0. The molecule has 0 aliphatic heterocycles. The Bertz CT molecular complexity index is 588. The van der Waals surface area contributed by atoms with Crippen molar-refractivity contribution in [3.63, 3.8) is 0 Å².